The van der Waals surface area contributed by atoms with Crippen LogP contribution < -0.4 is 5.32 Å². The molecule has 1 N–H and O–H groups in total. The van der Waals surface area contributed by atoms with Crippen LogP contribution in [0.2, 0.25) is 0 Å². The summed E-state index contributed by atoms with van der Waals surface area (Å²) in [4.78, 5) is 12.1. The topological polar surface area (TPSA) is 29.1 Å². The van der Waals surface area contributed by atoms with Crippen molar-refractivity contribution in [2.45, 2.75) is 71.3 Å². The molecule has 0 saturated heterocycles. The number of benzene rings is 1. The highest BCUT2D eigenvalue weighted by atomic mass is 16.1. The van der Waals surface area contributed by atoms with Crippen LogP contribution in [0.5, 0.6) is 0 Å². The standard InChI is InChI=1S/C20H31NO/c1-5-7-9-15-18(17-13-10-8-11-14-17)19(12-6-2)21-20(22)16(3)4/h8,10-11,13-14,18-19H,3,5-7,9,12,15H2,1-2,4H3,(H,21,22). The van der Waals surface area contributed by atoms with Crippen molar-refractivity contribution in [3.05, 3.63) is 48.0 Å². The fraction of sp³-hybridized carbons (Fsp3) is 0.550. The zero-order chi connectivity index (χ0) is 16.4. The summed E-state index contributed by atoms with van der Waals surface area (Å²) in [5, 5.41) is 3.20. The van der Waals surface area contributed by atoms with Crippen molar-refractivity contribution in [2.75, 3.05) is 0 Å². The minimum absolute atomic E-state index is 0.0186. The Hall–Kier alpha value is -1.57. The minimum atomic E-state index is -0.0186. The van der Waals surface area contributed by atoms with Crippen molar-refractivity contribution in [3.63, 3.8) is 0 Å². The Kier molecular flexibility index (Phi) is 8.57. The normalized spacial score (nSPS) is 13.4. The van der Waals surface area contributed by atoms with Gasteiger partial charge < -0.3 is 5.32 Å². The molecule has 0 aliphatic heterocycles. The number of hydrogen-bond acceptors (Lipinski definition) is 1. The SMILES string of the molecule is C=C(C)C(=O)NC(CCC)C(CCCCC)c1ccccc1. The van der Waals surface area contributed by atoms with Crippen LogP contribution in [0.15, 0.2) is 42.5 Å². The molecule has 0 aliphatic carbocycles. The van der Waals surface area contributed by atoms with Gasteiger partial charge in [-0.25, -0.2) is 0 Å². The maximum Gasteiger partial charge on any atom is 0.246 e. The summed E-state index contributed by atoms with van der Waals surface area (Å²) in [6, 6.07) is 10.8. The van der Waals surface area contributed by atoms with Crippen LogP contribution in [-0.4, -0.2) is 11.9 Å². The van der Waals surface area contributed by atoms with Gasteiger partial charge in [-0.1, -0.05) is 76.4 Å². The van der Waals surface area contributed by atoms with Gasteiger partial charge in [0, 0.05) is 17.5 Å². The molecule has 1 aromatic rings. The Labute approximate surface area is 136 Å². The first-order valence-electron chi connectivity index (χ1n) is 8.61. The fourth-order valence-corrected chi connectivity index (χ4v) is 2.89. The van der Waals surface area contributed by atoms with Crippen LogP contribution in [-0.2, 0) is 4.79 Å². The molecule has 2 atom stereocenters. The average molecular weight is 301 g/mol. The quantitative estimate of drug-likeness (QED) is 0.466. The average Bonchev–Trinajstić information content (AvgIpc) is 2.52. The summed E-state index contributed by atoms with van der Waals surface area (Å²) < 4.78 is 0. The van der Waals surface area contributed by atoms with E-state index in [-0.39, 0.29) is 11.9 Å². The number of hydrogen-bond donors (Lipinski definition) is 1. The van der Waals surface area contributed by atoms with Gasteiger partial charge in [0.05, 0.1) is 0 Å². The van der Waals surface area contributed by atoms with E-state index in [4.69, 9.17) is 0 Å². The van der Waals surface area contributed by atoms with Gasteiger partial charge in [-0.2, -0.15) is 0 Å². The fourth-order valence-electron chi connectivity index (χ4n) is 2.89. The van der Waals surface area contributed by atoms with Gasteiger partial charge in [-0.15, -0.1) is 0 Å². The van der Waals surface area contributed by atoms with Gasteiger partial charge in [0.25, 0.3) is 0 Å². The van der Waals surface area contributed by atoms with E-state index < -0.39 is 0 Å². The van der Waals surface area contributed by atoms with Crippen LogP contribution in [0.1, 0.15) is 70.8 Å². The molecule has 2 unspecified atom stereocenters. The molecule has 2 nitrogen and oxygen atoms in total. The zero-order valence-electron chi connectivity index (χ0n) is 14.4. The van der Waals surface area contributed by atoms with Crippen molar-refractivity contribution in [3.8, 4) is 0 Å². The predicted octanol–water partition coefficient (Wildman–Crippen LogP) is 5.21. The third-order valence-corrected chi connectivity index (χ3v) is 4.14. The maximum absolute atomic E-state index is 12.1. The van der Waals surface area contributed by atoms with Crippen LogP contribution in [0, 0.1) is 0 Å². The van der Waals surface area contributed by atoms with Crippen LogP contribution >= 0.6 is 0 Å². The lowest BCUT2D eigenvalue weighted by atomic mass is 9.84. The molecule has 0 aliphatic rings. The van der Waals surface area contributed by atoms with E-state index in [0.29, 0.717) is 11.5 Å². The molecule has 1 aromatic carbocycles. The van der Waals surface area contributed by atoms with Gasteiger partial charge in [0.1, 0.15) is 0 Å². The van der Waals surface area contributed by atoms with Crippen LogP contribution in [0.3, 0.4) is 0 Å². The molecule has 0 fully saturated rings. The first-order valence-corrected chi connectivity index (χ1v) is 8.61. The first kappa shape index (κ1) is 18.5. The Morgan fingerprint density at radius 2 is 1.77 bits per heavy atom. The zero-order valence-corrected chi connectivity index (χ0v) is 14.4. The monoisotopic (exact) mass is 301 g/mol. The van der Waals surface area contributed by atoms with Gasteiger partial charge in [0.15, 0.2) is 0 Å². The third kappa shape index (κ3) is 6.05. The molecule has 2 heteroatoms. The second kappa shape index (κ2) is 10.2. The van der Waals surface area contributed by atoms with Crippen LogP contribution in [0.4, 0.5) is 0 Å². The van der Waals surface area contributed by atoms with E-state index in [1.807, 2.05) is 6.07 Å². The van der Waals surface area contributed by atoms with Crippen molar-refractivity contribution in [2.24, 2.45) is 0 Å². The first-order chi connectivity index (χ1) is 10.6. The van der Waals surface area contributed by atoms with Crippen molar-refractivity contribution in [1.29, 1.82) is 0 Å². The van der Waals surface area contributed by atoms with E-state index in [0.717, 1.165) is 19.3 Å². The Bertz CT molecular complexity index is 452. The summed E-state index contributed by atoms with van der Waals surface area (Å²) in [5.74, 6) is 0.367. The summed E-state index contributed by atoms with van der Waals surface area (Å²) in [7, 11) is 0. The molecule has 22 heavy (non-hydrogen) atoms. The lowest BCUT2D eigenvalue weighted by Gasteiger charge is -2.29. The summed E-state index contributed by atoms with van der Waals surface area (Å²) in [5.41, 5.74) is 1.92. The lowest BCUT2D eigenvalue weighted by Crippen LogP contribution is -2.39. The molecule has 122 valence electrons. The van der Waals surface area contributed by atoms with Gasteiger partial charge in [-0.3, -0.25) is 4.79 Å². The molecule has 0 heterocycles. The third-order valence-electron chi connectivity index (χ3n) is 4.14. The maximum atomic E-state index is 12.1. The van der Waals surface area contributed by atoms with Crippen LogP contribution in [0.25, 0.3) is 0 Å². The largest absolute Gasteiger partial charge is 0.349 e. The molecule has 0 aromatic heterocycles. The number of rotatable bonds is 10. The van der Waals surface area contributed by atoms with Gasteiger partial charge >= 0.3 is 0 Å². The number of unbranched alkanes of at least 4 members (excludes halogenated alkanes) is 2. The van der Waals surface area contributed by atoms with E-state index in [2.05, 4.69) is 50.0 Å². The molecule has 1 rings (SSSR count). The van der Waals surface area contributed by atoms with Gasteiger partial charge in [-0.05, 0) is 25.3 Å². The van der Waals surface area contributed by atoms with Crippen molar-refractivity contribution in [1.82, 2.24) is 5.32 Å². The van der Waals surface area contributed by atoms with E-state index in [1.54, 1.807) is 6.92 Å². The smallest absolute Gasteiger partial charge is 0.246 e. The molecule has 0 saturated carbocycles. The van der Waals surface area contributed by atoms with Crippen molar-refractivity contribution >= 4 is 5.91 Å². The highest BCUT2D eigenvalue weighted by molar-refractivity contribution is 5.92. The molecular weight excluding hydrogens is 270 g/mol. The molecular formula is C20H31NO. The van der Waals surface area contributed by atoms with E-state index >= 15 is 0 Å². The summed E-state index contributed by atoms with van der Waals surface area (Å²) in [6.07, 6.45) is 6.87. The molecule has 0 bridgehead atoms. The van der Waals surface area contributed by atoms with E-state index in [1.165, 1.54) is 24.8 Å². The number of amides is 1. The Morgan fingerprint density at radius 1 is 1.09 bits per heavy atom. The number of carbonyl (C=O) groups excluding carboxylic acids is 1. The minimum Gasteiger partial charge on any atom is -0.349 e. The second-order valence-electron chi connectivity index (χ2n) is 6.16. The number of nitrogens with one attached hydrogen (secondary N) is 1. The van der Waals surface area contributed by atoms with Gasteiger partial charge in [0.2, 0.25) is 5.91 Å². The summed E-state index contributed by atoms with van der Waals surface area (Å²) in [6.45, 7) is 9.94. The number of carbonyl (C=O) groups is 1. The molecule has 1 amide bonds. The van der Waals surface area contributed by atoms with Crippen molar-refractivity contribution < 1.29 is 4.79 Å². The molecule has 0 radical (unpaired) electrons. The van der Waals surface area contributed by atoms with E-state index in [9.17, 15) is 4.79 Å². The highest BCUT2D eigenvalue weighted by Gasteiger charge is 2.23. The highest BCUT2D eigenvalue weighted by Crippen LogP contribution is 2.28. The Morgan fingerprint density at radius 3 is 2.32 bits per heavy atom. The molecule has 0 spiro atoms. The predicted molar refractivity (Wildman–Crippen MR) is 95.0 cm³/mol. The lowest BCUT2D eigenvalue weighted by molar-refractivity contribution is -0.118. The Balaban J connectivity index is 2.92. The summed E-state index contributed by atoms with van der Waals surface area (Å²) >= 11 is 0. The second-order valence-corrected chi connectivity index (χ2v) is 6.16.